The molecule has 2 fully saturated rings. The van der Waals surface area contributed by atoms with Gasteiger partial charge in [-0.25, -0.2) is 8.78 Å². The molecule has 2 bridgehead atoms. The number of halogens is 4. The molecule has 0 aliphatic carbocycles. The van der Waals surface area contributed by atoms with Gasteiger partial charge >= 0.3 is 0 Å². The van der Waals surface area contributed by atoms with Crippen LogP contribution in [0.5, 0.6) is 0 Å². The van der Waals surface area contributed by atoms with Crippen LogP contribution in [0.1, 0.15) is 30.4 Å². The number of hydrogen-bond acceptors (Lipinski definition) is 3. The number of sulfonamides is 1. The number of aryl methyl sites for hydroxylation is 1. The van der Waals surface area contributed by atoms with E-state index in [9.17, 15) is 17.2 Å². The molecular formula is C20H19Cl2F2N3O2S. The second-order valence-electron chi connectivity index (χ2n) is 7.56. The van der Waals surface area contributed by atoms with Gasteiger partial charge in [-0.1, -0.05) is 47.0 Å². The van der Waals surface area contributed by atoms with Crippen molar-refractivity contribution in [2.75, 3.05) is 0 Å². The highest BCUT2D eigenvalue weighted by molar-refractivity contribution is 7.89. The Kier molecular flexibility index (Phi) is 5.45. The fourth-order valence-corrected chi connectivity index (χ4v) is 5.47. The van der Waals surface area contributed by atoms with E-state index in [1.165, 1.54) is 17.0 Å². The maximum Gasteiger partial charge on any atom is 0.276 e. The maximum absolute atomic E-state index is 14.4. The third-order valence-electron chi connectivity index (χ3n) is 5.53. The summed E-state index contributed by atoms with van der Waals surface area (Å²) in [5, 5.41) is 4.48. The molecule has 0 spiro atoms. The third kappa shape index (κ3) is 3.76. The van der Waals surface area contributed by atoms with Gasteiger partial charge in [0.2, 0.25) is 0 Å². The van der Waals surface area contributed by atoms with E-state index in [-0.39, 0.29) is 39.2 Å². The predicted molar refractivity (Wildman–Crippen MR) is 113 cm³/mol. The Hall–Kier alpha value is -1.90. The zero-order valence-corrected chi connectivity index (χ0v) is 18.3. The third-order valence-corrected chi connectivity index (χ3v) is 7.39. The molecule has 0 amide bonds. The number of hydrazone groups is 1. The summed E-state index contributed by atoms with van der Waals surface area (Å²) in [6, 6.07) is 9.39. The predicted octanol–water partition coefficient (Wildman–Crippen LogP) is 4.81. The molecule has 30 heavy (non-hydrogen) atoms. The fourth-order valence-electron chi connectivity index (χ4n) is 4.10. The Labute approximate surface area is 183 Å². The van der Waals surface area contributed by atoms with E-state index in [0.29, 0.717) is 6.42 Å². The first-order chi connectivity index (χ1) is 14.1. The lowest BCUT2D eigenvalue weighted by Crippen LogP contribution is -2.42. The van der Waals surface area contributed by atoms with Gasteiger partial charge in [0.1, 0.15) is 0 Å². The van der Waals surface area contributed by atoms with Crippen molar-refractivity contribution in [3.05, 3.63) is 63.6 Å². The molecule has 5 nitrogen and oxygen atoms in total. The van der Waals surface area contributed by atoms with E-state index in [4.69, 9.17) is 23.2 Å². The normalized spacial score (nSPS) is 23.1. The summed E-state index contributed by atoms with van der Waals surface area (Å²) in [7, 11) is -4.02. The van der Waals surface area contributed by atoms with E-state index in [1.54, 1.807) is 30.3 Å². The lowest BCUT2D eigenvalue weighted by atomic mass is 9.97. The van der Waals surface area contributed by atoms with Gasteiger partial charge in [0, 0.05) is 12.5 Å². The molecule has 2 aromatic rings. The van der Waals surface area contributed by atoms with Crippen molar-refractivity contribution in [2.45, 2.75) is 49.1 Å². The zero-order chi connectivity index (χ0) is 21.7. The molecule has 4 rings (SSSR count). The van der Waals surface area contributed by atoms with E-state index >= 15 is 0 Å². The van der Waals surface area contributed by atoms with Crippen molar-refractivity contribution in [1.29, 1.82) is 0 Å². The quantitative estimate of drug-likeness (QED) is 0.393. The second-order valence-corrected chi connectivity index (χ2v) is 10.0. The van der Waals surface area contributed by atoms with Gasteiger partial charge < -0.3 is 4.90 Å². The Morgan fingerprint density at radius 1 is 1.13 bits per heavy atom. The maximum atomic E-state index is 14.4. The van der Waals surface area contributed by atoms with Crippen LogP contribution in [-0.4, -0.2) is 37.2 Å². The van der Waals surface area contributed by atoms with Crippen molar-refractivity contribution in [3.63, 3.8) is 0 Å². The van der Waals surface area contributed by atoms with Crippen LogP contribution in [0.25, 0.3) is 0 Å². The molecule has 2 aliphatic rings. The number of rotatable bonds is 4. The lowest BCUT2D eigenvalue weighted by Gasteiger charge is -2.28. The van der Waals surface area contributed by atoms with E-state index < -0.39 is 28.0 Å². The highest BCUT2D eigenvalue weighted by Crippen LogP contribution is 2.48. The van der Waals surface area contributed by atoms with E-state index in [1.807, 2.05) is 6.92 Å². The average Bonchev–Trinajstić information content (AvgIpc) is 3.18. The number of hydrogen-bond donors (Lipinski definition) is 1. The van der Waals surface area contributed by atoms with Gasteiger partial charge in [-0.05, 0) is 44.0 Å². The molecule has 2 heterocycles. The highest BCUT2D eigenvalue weighted by atomic mass is 35.5. The monoisotopic (exact) mass is 473 g/mol. The minimum Gasteiger partial charge on any atom is -0.342 e. The van der Waals surface area contributed by atoms with Crippen molar-refractivity contribution >= 4 is 39.1 Å². The molecule has 2 aromatic carbocycles. The summed E-state index contributed by atoms with van der Waals surface area (Å²) in [5.74, 6) is -2.89. The minimum atomic E-state index is -4.02. The van der Waals surface area contributed by atoms with E-state index in [0.717, 1.165) is 5.56 Å². The van der Waals surface area contributed by atoms with E-state index in [2.05, 4.69) is 9.93 Å². The van der Waals surface area contributed by atoms with Crippen LogP contribution in [-0.2, 0) is 10.0 Å². The van der Waals surface area contributed by atoms with Gasteiger partial charge in [-0.15, -0.1) is 5.10 Å². The fraction of sp³-hybridized carbons (Fsp3) is 0.350. The van der Waals surface area contributed by atoms with Crippen LogP contribution >= 0.6 is 23.2 Å². The Morgan fingerprint density at radius 2 is 1.77 bits per heavy atom. The standard InChI is InChI=1S/C20H19Cl2F2N3O2S/c1-12-5-8-14(9-6-12)30(28,29)26-25-19(18-15(21)3-2-4-16(18)22)27-13-7-10-17(27)20(23,24)11-13/h2-6,8-9,13,17,26H,7,10-11H2,1H3/b25-19+. The van der Waals surface area contributed by atoms with Crippen LogP contribution in [0, 0.1) is 6.92 Å². The molecule has 0 aromatic heterocycles. The summed E-state index contributed by atoms with van der Waals surface area (Å²) in [4.78, 5) is 3.65. The number of nitrogens with zero attached hydrogens (tertiary/aromatic N) is 2. The van der Waals surface area contributed by atoms with Gasteiger partial charge in [0.15, 0.2) is 5.84 Å². The zero-order valence-electron chi connectivity index (χ0n) is 15.9. The average molecular weight is 474 g/mol. The Balaban J connectivity index is 1.78. The number of amidine groups is 1. The van der Waals surface area contributed by atoms with Gasteiger partial charge in [-0.3, -0.25) is 0 Å². The molecule has 10 heteroatoms. The highest BCUT2D eigenvalue weighted by Gasteiger charge is 2.59. The first-order valence-corrected chi connectivity index (χ1v) is 11.6. The van der Waals surface area contributed by atoms with Crippen LogP contribution in [0.4, 0.5) is 8.78 Å². The van der Waals surface area contributed by atoms with Crippen LogP contribution < -0.4 is 4.83 Å². The first-order valence-electron chi connectivity index (χ1n) is 9.37. The van der Waals surface area contributed by atoms with Crippen molar-refractivity contribution in [1.82, 2.24) is 9.73 Å². The molecule has 2 unspecified atom stereocenters. The van der Waals surface area contributed by atoms with Crippen molar-refractivity contribution in [2.24, 2.45) is 5.10 Å². The van der Waals surface area contributed by atoms with Crippen molar-refractivity contribution in [3.8, 4) is 0 Å². The summed E-state index contributed by atoms with van der Waals surface area (Å²) < 4.78 is 54.3. The van der Waals surface area contributed by atoms with Crippen molar-refractivity contribution < 1.29 is 17.2 Å². The largest absolute Gasteiger partial charge is 0.342 e. The SMILES string of the molecule is Cc1ccc(S(=O)(=O)N/N=C(\c2c(Cl)cccc2Cl)N2C3CCC2C(F)(F)C3)cc1. The van der Waals surface area contributed by atoms with Crippen LogP contribution in [0.15, 0.2) is 52.5 Å². The molecule has 1 N–H and O–H groups in total. The molecule has 0 saturated carbocycles. The summed E-state index contributed by atoms with van der Waals surface area (Å²) >= 11 is 12.6. The summed E-state index contributed by atoms with van der Waals surface area (Å²) in [5.41, 5.74) is 1.12. The van der Waals surface area contributed by atoms with Gasteiger partial charge in [0.05, 0.1) is 26.5 Å². The molecular weight excluding hydrogens is 455 g/mol. The summed E-state index contributed by atoms with van der Waals surface area (Å²) in [6.45, 7) is 1.84. The van der Waals surface area contributed by atoms with Crippen LogP contribution in [0.2, 0.25) is 10.0 Å². The van der Waals surface area contributed by atoms with Crippen LogP contribution in [0.3, 0.4) is 0 Å². The molecule has 160 valence electrons. The number of nitrogens with one attached hydrogen (secondary N) is 1. The summed E-state index contributed by atoms with van der Waals surface area (Å²) in [6.07, 6.45) is 0.527. The lowest BCUT2D eigenvalue weighted by molar-refractivity contribution is -0.0292. The molecule has 2 saturated heterocycles. The Bertz CT molecular complexity index is 1090. The first kappa shape index (κ1) is 21.3. The number of benzene rings is 2. The number of alkyl halides is 2. The second kappa shape index (κ2) is 7.66. The number of fused-ring (bicyclic) bond motifs is 2. The van der Waals surface area contributed by atoms with Gasteiger partial charge in [-0.2, -0.15) is 13.2 Å². The molecule has 2 atom stereocenters. The molecule has 2 aliphatic heterocycles. The smallest absolute Gasteiger partial charge is 0.276 e. The molecule has 0 radical (unpaired) electrons. The van der Waals surface area contributed by atoms with Gasteiger partial charge in [0.25, 0.3) is 15.9 Å². The topological polar surface area (TPSA) is 61.8 Å². The minimum absolute atomic E-state index is 0.00552. The Morgan fingerprint density at radius 3 is 2.30 bits per heavy atom.